The lowest BCUT2D eigenvalue weighted by atomic mass is 10.2. The van der Waals surface area contributed by atoms with Crippen molar-refractivity contribution in [2.45, 2.75) is 18.6 Å². The number of amides is 1. The Morgan fingerprint density at radius 2 is 2.05 bits per heavy atom. The summed E-state index contributed by atoms with van der Waals surface area (Å²) in [4.78, 5) is 15.7. The number of anilines is 1. The van der Waals surface area contributed by atoms with Gasteiger partial charge in [-0.1, -0.05) is 0 Å². The van der Waals surface area contributed by atoms with Crippen molar-refractivity contribution < 1.29 is 17.6 Å². The van der Waals surface area contributed by atoms with E-state index < -0.39 is 26.3 Å². The summed E-state index contributed by atoms with van der Waals surface area (Å²) in [5, 5.41) is 5.16. The van der Waals surface area contributed by atoms with Crippen molar-refractivity contribution in [2.24, 2.45) is 0 Å². The Labute approximate surface area is 117 Å². The lowest BCUT2D eigenvalue weighted by Crippen LogP contribution is -2.43. The zero-order valence-electron chi connectivity index (χ0n) is 11.8. The van der Waals surface area contributed by atoms with Gasteiger partial charge in [0.25, 0.3) is 5.91 Å². The topological polar surface area (TPSA) is 88.2 Å². The molecule has 1 heterocycles. The molecule has 1 amide bonds. The Kier molecular flexibility index (Phi) is 4.69. The van der Waals surface area contributed by atoms with Gasteiger partial charge in [0.1, 0.15) is 11.6 Å². The molecule has 0 bridgehead atoms. The van der Waals surface area contributed by atoms with E-state index in [9.17, 15) is 17.6 Å². The third kappa shape index (κ3) is 3.66. The number of carbonyl (C=O) groups is 1. The number of carbonyl (C=O) groups excluding carboxylic acids is 1. The van der Waals surface area contributed by atoms with Gasteiger partial charge in [-0.25, -0.2) is 17.8 Å². The average Bonchev–Trinajstić information content (AvgIpc) is 2.34. The van der Waals surface area contributed by atoms with Gasteiger partial charge in [0.2, 0.25) is 0 Å². The quantitative estimate of drug-likeness (QED) is 0.840. The highest BCUT2D eigenvalue weighted by Gasteiger charge is 2.30. The Balaban J connectivity index is 2.91. The summed E-state index contributed by atoms with van der Waals surface area (Å²) >= 11 is 0. The molecule has 0 saturated heterocycles. The van der Waals surface area contributed by atoms with Gasteiger partial charge in [-0.2, -0.15) is 0 Å². The van der Waals surface area contributed by atoms with Crippen LogP contribution < -0.4 is 10.6 Å². The number of sulfone groups is 1. The molecule has 0 aliphatic carbocycles. The maximum absolute atomic E-state index is 13.1. The largest absolute Gasteiger partial charge is 0.372 e. The standard InChI is InChI=1S/C12H18FN3O3S/c1-12(2,20(4,18)19)7-16-11(17)9-5-8(13)6-15-10(9)14-3/h5-6H,7H2,1-4H3,(H,14,15)(H,16,17). The van der Waals surface area contributed by atoms with Gasteiger partial charge >= 0.3 is 0 Å². The molecule has 112 valence electrons. The molecular weight excluding hydrogens is 285 g/mol. The minimum atomic E-state index is -3.32. The number of nitrogens with zero attached hydrogens (tertiary/aromatic N) is 1. The van der Waals surface area contributed by atoms with Crippen molar-refractivity contribution in [1.82, 2.24) is 10.3 Å². The van der Waals surface area contributed by atoms with Crippen LogP contribution in [0.15, 0.2) is 12.3 Å². The Bertz CT molecular complexity index is 614. The van der Waals surface area contributed by atoms with E-state index in [0.29, 0.717) is 0 Å². The van der Waals surface area contributed by atoms with Crippen LogP contribution in [-0.4, -0.2) is 43.9 Å². The molecule has 0 spiro atoms. The number of rotatable bonds is 5. The molecule has 1 aromatic rings. The van der Waals surface area contributed by atoms with Crippen molar-refractivity contribution in [3.63, 3.8) is 0 Å². The Morgan fingerprint density at radius 1 is 1.45 bits per heavy atom. The van der Waals surface area contributed by atoms with Crippen LogP contribution in [0.2, 0.25) is 0 Å². The molecule has 0 aromatic carbocycles. The molecule has 1 rings (SSSR count). The first-order valence-electron chi connectivity index (χ1n) is 5.89. The van der Waals surface area contributed by atoms with E-state index >= 15 is 0 Å². The van der Waals surface area contributed by atoms with Gasteiger partial charge in [-0.15, -0.1) is 0 Å². The molecule has 0 radical (unpaired) electrons. The van der Waals surface area contributed by atoms with Crippen molar-refractivity contribution in [1.29, 1.82) is 0 Å². The SMILES string of the molecule is CNc1ncc(F)cc1C(=O)NCC(C)(C)S(C)(=O)=O. The molecule has 0 saturated carbocycles. The van der Waals surface area contributed by atoms with Crippen LogP contribution in [0.4, 0.5) is 10.2 Å². The normalized spacial score (nSPS) is 12.1. The molecule has 0 aliphatic rings. The average molecular weight is 303 g/mol. The van der Waals surface area contributed by atoms with Crippen LogP contribution >= 0.6 is 0 Å². The van der Waals surface area contributed by atoms with Crippen molar-refractivity contribution >= 4 is 21.6 Å². The number of nitrogens with one attached hydrogen (secondary N) is 2. The van der Waals surface area contributed by atoms with E-state index in [1.807, 2.05) is 0 Å². The molecule has 0 unspecified atom stereocenters. The zero-order valence-corrected chi connectivity index (χ0v) is 12.6. The molecular formula is C12H18FN3O3S. The fourth-order valence-electron chi connectivity index (χ4n) is 1.33. The first kappa shape index (κ1) is 16.4. The maximum atomic E-state index is 13.1. The molecule has 2 N–H and O–H groups in total. The van der Waals surface area contributed by atoms with Gasteiger partial charge in [0.05, 0.1) is 16.5 Å². The number of aromatic nitrogens is 1. The first-order chi connectivity index (χ1) is 9.08. The maximum Gasteiger partial charge on any atom is 0.255 e. The van der Waals surface area contributed by atoms with Crippen LogP contribution in [0, 0.1) is 5.82 Å². The van der Waals surface area contributed by atoms with E-state index in [1.54, 1.807) is 7.05 Å². The fraction of sp³-hybridized carbons (Fsp3) is 0.500. The highest BCUT2D eigenvalue weighted by molar-refractivity contribution is 7.92. The van der Waals surface area contributed by atoms with Gasteiger partial charge in [-0.3, -0.25) is 4.79 Å². The monoisotopic (exact) mass is 303 g/mol. The first-order valence-corrected chi connectivity index (χ1v) is 7.79. The van der Waals surface area contributed by atoms with Gasteiger partial charge < -0.3 is 10.6 Å². The summed E-state index contributed by atoms with van der Waals surface area (Å²) in [5.74, 6) is -1.00. The minimum absolute atomic E-state index is 0.0248. The number of halogens is 1. The van der Waals surface area contributed by atoms with Crippen molar-refractivity contribution in [2.75, 3.05) is 25.2 Å². The summed E-state index contributed by atoms with van der Waals surface area (Å²) < 4.78 is 35.1. The molecule has 1 aromatic heterocycles. The second kappa shape index (κ2) is 5.74. The lowest BCUT2D eigenvalue weighted by molar-refractivity contribution is 0.0950. The minimum Gasteiger partial charge on any atom is -0.372 e. The van der Waals surface area contributed by atoms with Crippen molar-refractivity contribution in [3.05, 3.63) is 23.6 Å². The number of hydrogen-bond acceptors (Lipinski definition) is 5. The molecule has 8 heteroatoms. The van der Waals surface area contributed by atoms with Crippen LogP contribution in [0.5, 0.6) is 0 Å². The van der Waals surface area contributed by atoms with Crippen LogP contribution in [0.25, 0.3) is 0 Å². The second-order valence-corrected chi connectivity index (χ2v) is 7.66. The van der Waals surface area contributed by atoms with Gasteiger partial charge in [0.15, 0.2) is 9.84 Å². The molecule has 20 heavy (non-hydrogen) atoms. The van der Waals surface area contributed by atoms with E-state index in [2.05, 4.69) is 15.6 Å². The summed E-state index contributed by atoms with van der Waals surface area (Å²) in [6.07, 6.45) is 2.09. The number of pyridine rings is 1. The second-order valence-electron chi connectivity index (χ2n) is 5.01. The highest BCUT2D eigenvalue weighted by Crippen LogP contribution is 2.16. The van der Waals surface area contributed by atoms with Crippen LogP contribution in [0.1, 0.15) is 24.2 Å². The third-order valence-electron chi connectivity index (χ3n) is 3.01. The van der Waals surface area contributed by atoms with Crippen molar-refractivity contribution in [3.8, 4) is 0 Å². The van der Waals surface area contributed by atoms with Gasteiger partial charge in [0, 0.05) is 19.8 Å². The zero-order chi connectivity index (χ0) is 15.6. The summed E-state index contributed by atoms with van der Waals surface area (Å²) in [7, 11) is -1.77. The van der Waals surface area contributed by atoms with Gasteiger partial charge in [-0.05, 0) is 19.9 Å². The van der Waals surface area contributed by atoms with E-state index in [0.717, 1.165) is 18.5 Å². The number of hydrogen-bond donors (Lipinski definition) is 2. The van der Waals surface area contributed by atoms with Crippen LogP contribution in [-0.2, 0) is 9.84 Å². The molecule has 0 fully saturated rings. The highest BCUT2D eigenvalue weighted by atomic mass is 32.2. The van der Waals surface area contributed by atoms with E-state index in [1.165, 1.54) is 13.8 Å². The summed E-state index contributed by atoms with van der Waals surface area (Å²) in [5.41, 5.74) is 0.0248. The summed E-state index contributed by atoms with van der Waals surface area (Å²) in [6.45, 7) is 2.93. The molecule has 0 aliphatic heterocycles. The molecule has 6 nitrogen and oxygen atoms in total. The Hall–Kier alpha value is -1.70. The Morgan fingerprint density at radius 3 is 2.55 bits per heavy atom. The molecule has 0 atom stereocenters. The van der Waals surface area contributed by atoms with Crippen LogP contribution in [0.3, 0.4) is 0 Å². The van der Waals surface area contributed by atoms with E-state index in [4.69, 9.17) is 0 Å². The fourth-order valence-corrected chi connectivity index (χ4v) is 1.67. The lowest BCUT2D eigenvalue weighted by Gasteiger charge is -2.22. The predicted octanol–water partition coefficient (Wildman–Crippen LogP) is 0.815. The predicted molar refractivity (Wildman–Crippen MR) is 75.0 cm³/mol. The third-order valence-corrected chi connectivity index (χ3v) is 5.17. The van der Waals surface area contributed by atoms with E-state index in [-0.39, 0.29) is 17.9 Å². The smallest absolute Gasteiger partial charge is 0.255 e. The summed E-state index contributed by atoms with van der Waals surface area (Å²) in [6, 6.07) is 1.04.